The second-order valence-electron chi connectivity index (χ2n) is 5.32. The average Bonchev–Trinajstić information content (AvgIpc) is 2.97. The minimum Gasteiger partial charge on any atom is -0.508 e. The zero-order chi connectivity index (χ0) is 13.8. The number of phenolic OH excluding ortho intramolecular Hbond substituents is 1. The Labute approximate surface area is 118 Å². The van der Waals surface area contributed by atoms with Gasteiger partial charge in [-0.1, -0.05) is 6.07 Å². The molecular weight excluding hydrogens is 252 g/mol. The van der Waals surface area contributed by atoms with Crippen molar-refractivity contribution < 1.29 is 5.11 Å². The maximum atomic E-state index is 9.66. The van der Waals surface area contributed by atoms with Gasteiger partial charge in [-0.2, -0.15) is 5.10 Å². The van der Waals surface area contributed by atoms with Gasteiger partial charge in [0.05, 0.1) is 0 Å². The van der Waals surface area contributed by atoms with Crippen LogP contribution in [0.4, 0.5) is 0 Å². The van der Waals surface area contributed by atoms with E-state index in [9.17, 15) is 5.11 Å². The second kappa shape index (κ2) is 6.05. The molecule has 2 aromatic rings. The number of nitrogens with zero attached hydrogens (tertiary/aromatic N) is 2. The molecule has 0 radical (unpaired) electrons. The summed E-state index contributed by atoms with van der Waals surface area (Å²) in [7, 11) is 0. The highest BCUT2D eigenvalue weighted by Gasteiger charge is 2.19. The van der Waals surface area contributed by atoms with Gasteiger partial charge in [-0.05, 0) is 55.5 Å². The molecule has 0 amide bonds. The van der Waals surface area contributed by atoms with Crippen LogP contribution in [0.25, 0.3) is 0 Å². The van der Waals surface area contributed by atoms with Crippen molar-refractivity contribution in [1.29, 1.82) is 0 Å². The molecule has 1 aromatic carbocycles. The first-order valence-electron chi connectivity index (χ1n) is 7.22. The Balaban J connectivity index is 1.55. The molecular formula is C15H20N4O. The van der Waals surface area contributed by atoms with Gasteiger partial charge in [0.2, 0.25) is 0 Å². The zero-order valence-electron chi connectivity index (χ0n) is 11.5. The van der Waals surface area contributed by atoms with Gasteiger partial charge in [0.25, 0.3) is 0 Å². The topological polar surface area (TPSA) is 73.8 Å². The second-order valence-corrected chi connectivity index (χ2v) is 5.32. The molecule has 0 aliphatic heterocycles. The third-order valence-electron chi connectivity index (χ3n) is 3.89. The number of rotatable bonds is 5. The normalized spacial score (nSPS) is 17.9. The van der Waals surface area contributed by atoms with E-state index in [1.165, 1.54) is 17.5 Å². The first-order chi connectivity index (χ1) is 9.83. The molecule has 0 fully saturated rings. The Hall–Kier alpha value is -1.88. The third kappa shape index (κ3) is 2.99. The number of nitrogens with one attached hydrogen (secondary N) is 2. The van der Waals surface area contributed by atoms with Crippen LogP contribution in [0.1, 0.15) is 42.3 Å². The van der Waals surface area contributed by atoms with Gasteiger partial charge < -0.3 is 10.4 Å². The summed E-state index contributed by atoms with van der Waals surface area (Å²) >= 11 is 0. The van der Waals surface area contributed by atoms with E-state index in [1.807, 2.05) is 12.1 Å². The smallest absolute Gasteiger partial charge is 0.137 e. The van der Waals surface area contributed by atoms with Crippen molar-refractivity contribution >= 4 is 0 Å². The highest BCUT2D eigenvalue weighted by molar-refractivity contribution is 5.38. The predicted molar refractivity (Wildman–Crippen MR) is 76.5 cm³/mol. The van der Waals surface area contributed by atoms with Crippen LogP contribution >= 0.6 is 0 Å². The summed E-state index contributed by atoms with van der Waals surface area (Å²) in [6.45, 7) is 0.945. The number of aromatic hydroxyl groups is 1. The molecule has 3 N–H and O–H groups in total. The molecule has 0 bridgehead atoms. The molecule has 0 saturated carbocycles. The summed E-state index contributed by atoms with van der Waals surface area (Å²) in [5.74, 6) is 1.30. The van der Waals surface area contributed by atoms with Crippen LogP contribution in [0, 0.1) is 0 Å². The van der Waals surface area contributed by atoms with Gasteiger partial charge in [0.1, 0.15) is 17.9 Å². The molecule has 1 aliphatic carbocycles. The molecule has 0 saturated heterocycles. The summed E-state index contributed by atoms with van der Waals surface area (Å²) in [5, 5.41) is 20.0. The minimum atomic E-state index is 0.360. The van der Waals surface area contributed by atoms with Crippen LogP contribution in [0.2, 0.25) is 0 Å². The minimum absolute atomic E-state index is 0.360. The van der Waals surface area contributed by atoms with Crippen LogP contribution in [0.15, 0.2) is 24.5 Å². The van der Waals surface area contributed by atoms with Crippen LogP contribution in [0.3, 0.4) is 0 Å². The van der Waals surface area contributed by atoms with Crippen LogP contribution in [-0.2, 0) is 12.8 Å². The lowest BCUT2D eigenvalue weighted by molar-refractivity contribution is 0.443. The predicted octanol–water partition coefficient (Wildman–Crippen LogP) is 2.11. The lowest BCUT2D eigenvalue weighted by Crippen LogP contribution is -2.26. The lowest BCUT2D eigenvalue weighted by atomic mass is 9.87. The fourth-order valence-corrected chi connectivity index (χ4v) is 2.88. The van der Waals surface area contributed by atoms with E-state index in [0.717, 1.165) is 38.1 Å². The number of benzene rings is 1. The SMILES string of the molecule is Oc1ccc2c(c1)C(NCCCc1ncn[nH]1)CCC2. The van der Waals surface area contributed by atoms with Gasteiger partial charge in [-0.25, -0.2) is 4.98 Å². The Bertz CT molecular complexity index is 553. The number of fused-ring (bicyclic) bond motifs is 1. The van der Waals surface area contributed by atoms with Crippen LogP contribution in [-0.4, -0.2) is 26.8 Å². The van der Waals surface area contributed by atoms with Crippen LogP contribution < -0.4 is 5.32 Å². The largest absolute Gasteiger partial charge is 0.508 e. The van der Waals surface area contributed by atoms with Gasteiger partial charge in [-0.15, -0.1) is 0 Å². The highest BCUT2D eigenvalue weighted by atomic mass is 16.3. The number of aromatic nitrogens is 3. The Kier molecular flexibility index (Phi) is 3.97. The summed E-state index contributed by atoms with van der Waals surface area (Å²) in [5.41, 5.74) is 2.62. The molecule has 20 heavy (non-hydrogen) atoms. The van der Waals surface area contributed by atoms with E-state index >= 15 is 0 Å². The van der Waals surface area contributed by atoms with Crippen molar-refractivity contribution in [3.8, 4) is 5.75 Å². The molecule has 1 aliphatic rings. The summed E-state index contributed by atoms with van der Waals surface area (Å²) in [6, 6.07) is 6.10. The Morgan fingerprint density at radius 2 is 2.35 bits per heavy atom. The number of H-pyrrole nitrogens is 1. The monoisotopic (exact) mass is 272 g/mol. The third-order valence-corrected chi connectivity index (χ3v) is 3.89. The first-order valence-corrected chi connectivity index (χ1v) is 7.22. The standard InChI is InChI=1S/C15H20N4O/c20-12-7-6-11-3-1-4-14(13(11)9-12)16-8-2-5-15-17-10-18-19-15/h6-7,9-10,14,16,20H,1-5,8H2,(H,17,18,19). The zero-order valence-corrected chi connectivity index (χ0v) is 11.5. The molecule has 0 spiro atoms. The van der Waals surface area contributed by atoms with E-state index in [1.54, 1.807) is 12.4 Å². The van der Waals surface area contributed by atoms with E-state index < -0.39 is 0 Å². The Morgan fingerprint density at radius 1 is 1.40 bits per heavy atom. The van der Waals surface area contributed by atoms with Crippen molar-refractivity contribution in [2.75, 3.05) is 6.54 Å². The molecule has 1 unspecified atom stereocenters. The molecule has 106 valence electrons. The van der Waals surface area contributed by atoms with E-state index in [0.29, 0.717) is 11.8 Å². The molecule has 5 heteroatoms. The van der Waals surface area contributed by atoms with E-state index in [-0.39, 0.29) is 0 Å². The average molecular weight is 272 g/mol. The van der Waals surface area contributed by atoms with Crippen molar-refractivity contribution in [2.45, 2.75) is 38.1 Å². The summed E-state index contributed by atoms with van der Waals surface area (Å²) in [4.78, 5) is 4.12. The van der Waals surface area contributed by atoms with Gasteiger partial charge in [-0.3, -0.25) is 5.10 Å². The number of aryl methyl sites for hydroxylation is 2. The quantitative estimate of drug-likeness (QED) is 0.729. The molecule has 1 heterocycles. The molecule has 3 rings (SSSR count). The Morgan fingerprint density at radius 3 is 3.20 bits per heavy atom. The molecule has 1 aromatic heterocycles. The first kappa shape index (κ1) is 13.1. The maximum Gasteiger partial charge on any atom is 0.137 e. The van der Waals surface area contributed by atoms with Gasteiger partial charge >= 0.3 is 0 Å². The van der Waals surface area contributed by atoms with Crippen molar-refractivity contribution in [3.63, 3.8) is 0 Å². The molecule has 5 nitrogen and oxygen atoms in total. The number of aromatic amines is 1. The number of hydrogen-bond acceptors (Lipinski definition) is 4. The van der Waals surface area contributed by atoms with Gasteiger partial charge in [0, 0.05) is 12.5 Å². The highest BCUT2D eigenvalue weighted by Crippen LogP contribution is 2.31. The van der Waals surface area contributed by atoms with E-state index in [2.05, 4.69) is 20.5 Å². The van der Waals surface area contributed by atoms with Crippen molar-refractivity contribution in [1.82, 2.24) is 20.5 Å². The van der Waals surface area contributed by atoms with E-state index in [4.69, 9.17) is 0 Å². The lowest BCUT2D eigenvalue weighted by Gasteiger charge is -2.26. The fraction of sp³-hybridized carbons (Fsp3) is 0.467. The van der Waals surface area contributed by atoms with Crippen LogP contribution in [0.5, 0.6) is 5.75 Å². The van der Waals surface area contributed by atoms with Crippen molar-refractivity contribution in [3.05, 3.63) is 41.5 Å². The number of phenols is 1. The summed E-state index contributed by atoms with van der Waals surface area (Å²) in [6.07, 6.45) is 6.94. The fourth-order valence-electron chi connectivity index (χ4n) is 2.88. The maximum absolute atomic E-state index is 9.66. The van der Waals surface area contributed by atoms with Gasteiger partial charge in [0.15, 0.2) is 0 Å². The number of hydrogen-bond donors (Lipinski definition) is 3. The summed E-state index contributed by atoms with van der Waals surface area (Å²) < 4.78 is 0. The van der Waals surface area contributed by atoms with Crippen molar-refractivity contribution in [2.24, 2.45) is 0 Å². The molecule has 1 atom stereocenters.